The van der Waals surface area contributed by atoms with Gasteiger partial charge in [-0.1, -0.05) is 42.1 Å². The van der Waals surface area contributed by atoms with E-state index in [-0.39, 0.29) is 5.91 Å². The molecule has 1 fully saturated rings. The summed E-state index contributed by atoms with van der Waals surface area (Å²) in [4.78, 5) is 14.9. The van der Waals surface area contributed by atoms with Gasteiger partial charge in [-0.25, -0.2) is 0 Å². The van der Waals surface area contributed by atoms with E-state index in [4.69, 9.17) is 4.74 Å². The predicted molar refractivity (Wildman–Crippen MR) is 123 cm³/mol. The molecule has 1 amide bonds. The zero-order valence-electron chi connectivity index (χ0n) is 18.0. The molecule has 0 aliphatic carbocycles. The standard InChI is InChI=1S/C24H28N4O2S/c1-18-8-6-7-15-27(18)23(29)17-31-24-26-25-22(16-19-9-4-3-5-10-19)28(24)20-11-13-21(30-2)14-12-20/h3-5,9-14,18H,6-8,15-17H2,1-2H3/t18-/m0/s1. The number of piperidine rings is 1. The predicted octanol–water partition coefficient (Wildman–Crippen LogP) is 4.36. The highest BCUT2D eigenvalue weighted by atomic mass is 32.2. The van der Waals surface area contributed by atoms with E-state index in [1.165, 1.54) is 23.7 Å². The number of carbonyl (C=O) groups is 1. The van der Waals surface area contributed by atoms with Crippen molar-refractivity contribution in [1.29, 1.82) is 0 Å². The van der Waals surface area contributed by atoms with Gasteiger partial charge in [-0.2, -0.15) is 0 Å². The number of thioether (sulfide) groups is 1. The Hall–Kier alpha value is -2.80. The largest absolute Gasteiger partial charge is 0.497 e. The lowest BCUT2D eigenvalue weighted by Crippen LogP contribution is -2.42. The van der Waals surface area contributed by atoms with E-state index in [9.17, 15) is 4.79 Å². The van der Waals surface area contributed by atoms with Crippen LogP contribution in [0.25, 0.3) is 5.69 Å². The molecule has 1 aliphatic rings. The van der Waals surface area contributed by atoms with Gasteiger partial charge >= 0.3 is 0 Å². The van der Waals surface area contributed by atoms with E-state index >= 15 is 0 Å². The first-order chi connectivity index (χ1) is 15.2. The molecule has 1 aliphatic heterocycles. The Balaban J connectivity index is 1.58. The van der Waals surface area contributed by atoms with Crippen molar-refractivity contribution in [3.8, 4) is 11.4 Å². The number of carbonyl (C=O) groups excluding carboxylic acids is 1. The number of benzene rings is 2. The van der Waals surface area contributed by atoms with E-state index in [2.05, 4.69) is 29.3 Å². The Morgan fingerprint density at radius 2 is 1.87 bits per heavy atom. The quantitative estimate of drug-likeness (QED) is 0.515. The molecule has 1 saturated heterocycles. The first kappa shape index (κ1) is 21.4. The number of likely N-dealkylation sites (tertiary alicyclic amines) is 1. The number of nitrogens with zero attached hydrogens (tertiary/aromatic N) is 4. The van der Waals surface area contributed by atoms with Gasteiger partial charge < -0.3 is 9.64 Å². The number of aromatic nitrogens is 3. The number of rotatable bonds is 7. The lowest BCUT2D eigenvalue weighted by molar-refractivity contribution is -0.131. The topological polar surface area (TPSA) is 60.2 Å². The molecule has 1 atom stereocenters. The van der Waals surface area contributed by atoms with Crippen LogP contribution in [0.4, 0.5) is 0 Å². The van der Waals surface area contributed by atoms with Crippen LogP contribution in [0.15, 0.2) is 59.8 Å². The second-order valence-corrected chi connectivity index (χ2v) is 8.76. The van der Waals surface area contributed by atoms with Crippen LogP contribution in [-0.2, 0) is 11.2 Å². The molecule has 4 rings (SSSR count). The summed E-state index contributed by atoms with van der Waals surface area (Å²) in [5.41, 5.74) is 2.12. The Bertz CT molecular complexity index is 1000. The molecule has 0 bridgehead atoms. The second kappa shape index (κ2) is 10.0. The lowest BCUT2D eigenvalue weighted by atomic mass is 10.0. The molecule has 7 heteroatoms. The maximum Gasteiger partial charge on any atom is 0.233 e. The zero-order valence-corrected chi connectivity index (χ0v) is 18.8. The summed E-state index contributed by atoms with van der Waals surface area (Å²) in [5, 5.41) is 9.64. The Kier molecular flexibility index (Phi) is 6.92. The molecule has 2 heterocycles. The van der Waals surface area contributed by atoms with Gasteiger partial charge in [0.05, 0.1) is 12.9 Å². The third kappa shape index (κ3) is 5.10. The number of amides is 1. The highest BCUT2D eigenvalue weighted by Gasteiger charge is 2.24. The first-order valence-corrected chi connectivity index (χ1v) is 11.7. The van der Waals surface area contributed by atoms with Gasteiger partial charge in [0.25, 0.3) is 0 Å². The molecular weight excluding hydrogens is 408 g/mol. The molecule has 0 saturated carbocycles. The molecule has 0 N–H and O–H groups in total. The number of hydrogen-bond acceptors (Lipinski definition) is 5. The van der Waals surface area contributed by atoms with Gasteiger partial charge in [-0.3, -0.25) is 9.36 Å². The minimum absolute atomic E-state index is 0.172. The summed E-state index contributed by atoms with van der Waals surface area (Å²) in [6.07, 6.45) is 4.04. The van der Waals surface area contributed by atoms with E-state index in [1.54, 1.807) is 7.11 Å². The SMILES string of the molecule is COc1ccc(-n2c(Cc3ccccc3)nnc2SCC(=O)N2CCCC[C@@H]2C)cc1. The van der Waals surface area contributed by atoms with E-state index < -0.39 is 0 Å². The van der Waals surface area contributed by atoms with Crippen molar-refractivity contribution < 1.29 is 9.53 Å². The number of methoxy groups -OCH3 is 1. The van der Waals surface area contributed by atoms with Gasteiger partial charge in [-0.05, 0) is 56.0 Å². The van der Waals surface area contributed by atoms with Crippen molar-refractivity contribution in [2.45, 2.75) is 43.8 Å². The third-order valence-corrected chi connectivity index (χ3v) is 6.60. The van der Waals surface area contributed by atoms with Crippen LogP contribution in [0.3, 0.4) is 0 Å². The Labute approximate surface area is 187 Å². The van der Waals surface area contributed by atoms with Crippen molar-refractivity contribution in [3.05, 3.63) is 66.0 Å². The molecule has 31 heavy (non-hydrogen) atoms. The fourth-order valence-electron chi connectivity index (χ4n) is 3.96. The summed E-state index contributed by atoms with van der Waals surface area (Å²) in [5.74, 6) is 2.18. The van der Waals surface area contributed by atoms with Crippen LogP contribution in [0.2, 0.25) is 0 Å². The molecular formula is C24H28N4O2S. The van der Waals surface area contributed by atoms with E-state index in [1.807, 2.05) is 51.9 Å². The van der Waals surface area contributed by atoms with Crippen LogP contribution >= 0.6 is 11.8 Å². The van der Waals surface area contributed by atoms with Crippen LogP contribution in [0.5, 0.6) is 5.75 Å². The lowest BCUT2D eigenvalue weighted by Gasteiger charge is -2.33. The van der Waals surface area contributed by atoms with Gasteiger partial charge in [0.1, 0.15) is 11.6 Å². The van der Waals surface area contributed by atoms with Gasteiger partial charge in [0.2, 0.25) is 5.91 Å². The third-order valence-electron chi connectivity index (χ3n) is 5.68. The normalized spacial score (nSPS) is 16.3. The van der Waals surface area contributed by atoms with Crippen LogP contribution < -0.4 is 4.74 Å². The molecule has 0 spiro atoms. The van der Waals surface area contributed by atoms with Gasteiger partial charge in [0.15, 0.2) is 5.16 Å². The molecule has 162 valence electrons. The van der Waals surface area contributed by atoms with Crippen molar-refractivity contribution >= 4 is 17.7 Å². The molecule has 0 radical (unpaired) electrons. The number of ether oxygens (including phenoxy) is 1. The fraction of sp³-hybridized carbons (Fsp3) is 0.375. The maximum absolute atomic E-state index is 12.8. The van der Waals surface area contributed by atoms with Crippen molar-refractivity contribution in [2.24, 2.45) is 0 Å². The summed E-state index contributed by atoms with van der Waals surface area (Å²) >= 11 is 1.45. The van der Waals surface area contributed by atoms with Crippen LogP contribution in [0.1, 0.15) is 37.6 Å². The maximum atomic E-state index is 12.8. The smallest absolute Gasteiger partial charge is 0.233 e. The Morgan fingerprint density at radius 1 is 1.10 bits per heavy atom. The number of hydrogen-bond donors (Lipinski definition) is 0. The highest BCUT2D eigenvalue weighted by Crippen LogP contribution is 2.26. The highest BCUT2D eigenvalue weighted by molar-refractivity contribution is 7.99. The second-order valence-electron chi connectivity index (χ2n) is 7.82. The summed E-state index contributed by atoms with van der Waals surface area (Å²) in [6, 6.07) is 18.4. The molecule has 0 unspecified atom stereocenters. The minimum atomic E-state index is 0.172. The van der Waals surface area contributed by atoms with Gasteiger partial charge in [0, 0.05) is 24.7 Å². The molecule has 3 aromatic rings. The van der Waals surface area contributed by atoms with Crippen molar-refractivity contribution in [1.82, 2.24) is 19.7 Å². The van der Waals surface area contributed by atoms with Crippen LogP contribution in [0, 0.1) is 0 Å². The average molecular weight is 437 g/mol. The van der Waals surface area contributed by atoms with Crippen molar-refractivity contribution in [2.75, 3.05) is 19.4 Å². The first-order valence-electron chi connectivity index (χ1n) is 10.7. The zero-order chi connectivity index (χ0) is 21.6. The van der Waals surface area contributed by atoms with E-state index in [0.29, 0.717) is 18.2 Å². The molecule has 2 aromatic carbocycles. The fourth-order valence-corrected chi connectivity index (χ4v) is 4.81. The average Bonchev–Trinajstić information content (AvgIpc) is 3.20. The summed E-state index contributed by atoms with van der Waals surface area (Å²) in [7, 11) is 1.66. The molecule has 1 aromatic heterocycles. The Morgan fingerprint density at radius 3 is 2.58 bits per heavy atom. The molecule has 6 nitrogen and oxygen atoms in total. The van der Waals surface area contributed by atoms with Gasteiger partial charge in [-0.15, -0.1) is 10.2 Å². The van der Waals surface area contributed by atoms with Crippen LogP contribution in [-0.4, -0.2) is 51.0 Å². The summed E-state index contributed by atoms with van der Waals surface area (Å²) in [6.45, 7) is 2.99. The van der Waals surface area contributed by atoms with Crippen molar-refractivity contribution in [3.63, 3.8) is 0 Å². The monoisotopic (exact) mass is 436 g/mol. The minimum Gasteiger partial charge on any atom is -0.497 e. The van der Waals surface area contributed by atoms with E-state index in [0.717, 1.165) is 41.8 Å². The summed E-state index contributed by atoms with van der Waals surface area (Å²) < 4.78 is 7.35.